The van der Waals surface area contributed by atoms with Crippen LogP contribution in [0.5, 0.6) is 0 Å². The Morgan fingerprint density at radius 2 is 1.04 bits per heavy atom. The minimum Gasteiger partial charge on any atom is -0.481 e. The largest absolute Gasteiger partial charge is 0.481 e. The highest BCUT2D eigenvalue weighted by Gasteiger charge is 2.64. The Balaban J connectivity index is 0. The van der Waals surface area contributed by atoms with Crippen LogP contribution in [0.2, 0.25) is 0 Å². The zero-order chi connectivity index (χ0) is 20.6. The van der Waals surface area contributed by atoms with E-state index in [-0.39, 0.29) is 0 Å². The first-order chi connectivity index (χ1) is 12.0. The summed E-state index contributed by atoms with van der Waals surface area (Å²) in [5.74, 6) is -9.50. The van der Waals surface area contributed by atoms with E-state index < -0.39 is 24.0 Å². The molecule has 0 aliphatic rings. The molecular formula is C17H29F5O4. The molecule has 9 heteroatoms. The third-order valence-electron chi connectivity index (χ3n) is 3.62. The van der Waals surface area contributed by atoms with Gasteiger partial charge >= 0.3 is 24.0 Å². The summed E-state index contributed by atoms with van der Waals surface area (Å²) in [5, 5.41) is 15.8. The van der Waals surface area contributed by atoms with Crippen molar-refractivity contribution in [1.29, 1.82) is 0 Å². The number of carbonyl (C=O) groups is 2. The predicted molar refractivity (Wildman–Crippen MR) is 87.4 cm³/mol. The lowest BCUT2D eigenvalue weighted by atomic mass is 10.1. The maximum atomic E-state index is 11.3. The number of carboxylic acid groups (broad SMARTS) is 2. The van der Waals surface area contributed by atoms with Crippen molar-refractivity contribution >= 4 is 11.9 Å². The van der Waals surface area contributed by atoms with E-state index in [1.165, 1.54) is 57.8 Å². The van der Waals surface area contributed by atoms with Crippen LogP contribution in [0.3, 0.4) is 0 Å². The molecule has 0 heterocycles. The summed E-state index contributed by atoms with van der Waals surface area (Å²) >= 11 is 0. The number of rotatable bonds is 13. The highest BCUT2D eigenvalue weighted by molar-refractivity contribution is 5.76. The normalized spacial score (nSPS) is 11.6. The van der Waals surface area contributed by atoms with Crippen LogP contribution in [0, 0.1) is 0 Å². The lowest BCUT2D eigenvalue weighted by molar-refractivity contribution is -0.277. The fraction of sp³-hybridized carbons (Fsp3) is 0.882. The van der Waals surface area contributed by atoms with Crippen LogP contribution in [0.25, 0.3) is 0 Å². The van der Waals surface area contributed by atoms with Gasteiger partial charge in [-0.2, -0.15) is 22.0 Å². The van der Waals surface area contributed by atoms with Crippen LogP contribution < -0.4 is 0 Å². The summed E-state index contributed by atoms with van der Waals surface area (Å²) < 4.78 is 55.5. The average Bonchev–Trinajstić information content (AvgIpc) is 2.51. The number of hydrogen-bond donors (Lipinski definition) is 2. The van der Waals surface area contributed by atoms with E-state index in [1.807, 2.05) is 0 Å². The van der Waals surface area contributed by atoms with Gasteiger partial charge in [0, 0.05) is 6.42 Å². The van der Waals surface area contributed by atoms with Gasteiger partial charge in [-0.25, -0.2) is 4.79 Å². The van der Waals surface area contributed by atoms with Crippen molar-refractivity contribution in [3.05, 3.63) is 0 Å². The minimum atomic E-state index is -6.02. The molecule has 26 heavy (non-hydrogen) atoms. The van der Waals surface area contributed by atoms with Crippen molar-refractivity contribution in [3.63, 3.8) is 0 Å². The van der Waals surface area contributed by atoms with Gasteiger partial charge < -0.3 is 10.2 Å². The van der Waals surface area contributed by atoms with E-state index in [2.05, 4.69) is 6.92 Å². The van der Waals surface area contributed by atoms with Gasteiger partial charge in [-0.1, -0.05) is 71.1 Å². The number of carboxylic acids is 2. The van der Waals surface area contributed by atoms with Crippen LogP contribution in [-0.2, 0) is 9.59 Å². The summed E-state index contributed by atoms with van der Waals surface area (Å²) in [7, 11) is 0. The first-order valence-corrected chi connectivity index (χ1v) is 8.86. The molecule has 0 aliphatic carbocycles. The third-order valence-corrected chi connectivity index (χ3v) is 3.62. The highest BCUT2D eigenvalue weighted by Crippen LogP contribution is 2.35. The van der Waals surface area contributed by atoms with Crippen molar-refractivity contribution in [3.8, 4) is 0 Å². The van der Waals surface area contributed by atoms with Gasteiger partial charge in [-0.15, -0.1) is 0 Å². The van der Waals surface area contributed by atoms with Crippen molar-refractivity contribution in [2.45, 2.75) is 96.1 Å². The Kier molecular flexibility index (Phi) is 15.2. The Hall–Kier alpha value is -1.41. The van der Waals surface area contributed by atoms with Gasteiger partial charge in [0.1, 0.15) is 0 Å². The third kappa shape index (κ3) is 14.9. The van der Waals surface area contributed by atoms with E-state index in [9.17, 15) is 31.5 Å². The van der Waals surface area contributed by atoms with Crippen molar-refractivity contribution in [2.75, 3.05) is 0 Å². The number of unbranched alkanes of at least 4 members (excludes halogenated alkanes) is 10. The summed E-state index contributed by atoms with van der Waals surface area (Å²) in [6.07, 6.45) is 8.34. The Bertz CT molecular complexity index is 384. The van der Waals surface area contributed by atoms with Crippen molar-refractivity contribution in [2.24, 2.45) is 0 Å². The highest BCUT2D eigenvalue weighted by atomic mass is 19.4. The van der Waals surface area contributed by atoms with Crippen LogP contribution in [0.15, 0.2) is 0 Å². The van der Waals surface area contributed by atoms with E-state index >= 15 is 0 Å². The van der Waals surface area contributed by atoms with Crippen molar-refractivity contribution < 1.29 is 41.8 Å². The zero-order valence-corrected chi connectivity index (χ0v) is 15.1. The molecule has 0 radical (unpaired) electrons. The molecule has 0 unspecified atom stereocenters. The Morgan fingerprint density at radius 1 is 0.692 bits per heavy atom. The molecule has 0 spiro atoms. The molecule has 0 aliphatic heterocycles. The lowest BCUT2D eigenvalue weighted by Crippen LogP contribution is -2.43. The van der Waals surface area contributed by atoms with E-state index in [4.69, 9.17) is 10.2 Å². The number of aliphatic carboxylic acids is 2. The summed E-state index contributed by atoms with van der Waals surface area (Å²) in [6, 6.07) is 0. The standard InChI is InChI=1S/C14H28O2.C3HF5O2/c1-2-3-4-5-6-7-8-9-10-11-12-13-14(15)16;4-2(5,1(9)10)3(6,7)8/h2-13H2,1H3,(H,15,16);(H,9,10). The molecule has 0 aromatic heterocycles. The van der Waals surface area contributed by atoms with Crippen LogP contribution in [0.1, 0.15) is 84.0 Å². The molecule has 0 rings (SSSR count). The van der Waals surface area contributed by atoms with Gasteiger partial charge in [0.15, 0.2) is 0 Å². The molecule has 0 amide bonds. The number of alkyl halides is 5. The molecule has 4 nitrogen and oxygen atoms in total. The van der Waals surface area contributed by atoms with Gasteiger partial charge in [0.05, 0.1) is 0 Å². The van der Waals surface area contributed by atoms with Crippen molar-refractivity contribution in [1.82, 2.24) is 0 Å². The first-order valence-electron chi connectivity index (χ1n) is 8.86. The summed E-state index contributed by atoms with van der Waals surface area (Å²) in [4.78, 5) is 19.5. The van der Waals surface area contributed by atoms with Crippen LogP contribution >= 0.6 is 0 Å². The Labute approximate surface area is 150 Å². The number of halogens is 5. The molecule has 0 bridgehead atoms. The summed E-state index contributed by atoms with van der Waals surface area (Å²) in [6.45, 7) is 2.25. The minimum absolute atomic E-state index is 0.344. The second-order valence-corrected chi connectivity index (χ2v) is 6.06. The molecule has 0 saturated heterocycles. The monoisotopic (exact) mass is 392 g/mol. The molecule has 156 valence electrons. The molecule has 0 atom stereocenters. The molecule has 0 saturated carbocycles. The molecular weight excluding hydrogens is 363 g/mol. The molecule has 0 aromatic carbocycles. The first kappa shape index (κ1) is 26.8. The quantitative estimate of drug-likeness (QED) is 0.296. The van der Waals surface area contributed by atoms with Gasteiger partial charge in [-0.3, -0.25) is 4.79 Å². The number of hydrogen-bond acceptors (Lipinski definition) is 2. The predicted octanol–water partition coefficient (Wildman–Crippen LogP) is 6.04. The fourth-order valence-corrected chi connectivity index (χ4v) is 2.06. The SMILES string of the molecule is CCCCCCCCCCCCCC(=O)O.O=C(O)C(F)(F)C(F)(F)F. The topological polar surface area (TPSA) is 74.6 Å². The van der Waals surface area contributed by atoms with E-state index in [0.29, 0.717) is 6.42 Å². The zero-order valence-electron chi connectivity index (χ0n) is 15.1. The average molecular weight is 392 g/mol. The van der Waals surface area contributed by atoms with E-state index in [0.717, 1.165) is 12.8 Å². The van der Waals surface area contributed by atoms with Crippen LogP contribution in [0.4, 0.5) is 22.0 Å². The second-order valence-electron chi connectivity index (χ2n) is 6.06. The summed E-state index contributed by atoms with van der Waals surface area (Å²) in [5.41, 5.74) is 0. The Morgan fingerprint density at radius 3 is 1.27 bits per heavy atom. The van der Waals surface area contributed by atoms with Gasteiger partial charge in [-0.05, 0) is 6.42 Å². The maximum Gasteiger partial charge on any atom is 0.465 e. The lowest BCUT2D eigenvalue weighted by Gasteiger charge is -2.13. The van der Waals surface area contributed by atoms with Gasteiger partial charge in [0.2, 0.25) is 0 Å². The molecule has 0 aromatic rings. The van der Waals surface area contributed by atoms with E-state index in [1.54, 1.807) is 0 Å². The molecule has 2 N–H and O–H groups in total. The second kappa shape index (κ2) is 14.7. The fourth-order valence-electron chi connectivity index (χ4n) is 2.06. The molecule has 0 fully saturated rings. The van der Waals surface area contributed by atoms with Gasteiger partial charge in [0.25, 0.3) is 0 Å². The smallest absolute Gasteiger partial charge is 0.465 e. The maximum absolute atomic E-state index is 11.3. The van der Waals surface area contributed by atoms with Crippen LogP contribution in [-0.4, -0.2) is 34.3 Å².